The fourth-order valence-electron chi connectivity index (χ4n) is 9.56. The second-order valence-electron chi connectivity index (χ2n) is 16.0. The normalized spacial score (nSPS) is 11.9. The molecule has 10 aromatic carbocycles. The highest BCUT2D eigenvalue weighted by molar-refractivity contribution is 7.26. The number of para-hydroxylation sites is 2. The maximum Gasteiger partial charge on any atom is 0.143 e. The van der Waals surface area contributed by atoms with Gasteiger partial charge in [0.15, 0.2) is 0 Å². The van der Waals surface area contributed by atoms with Crippen LogP contribution >= 0.6 is 11.3 Å². The van der Waals surface area contributed by atoms with Crippen molar-refractivity contribution in [3.8, 4) is 33.4 Å². The summed E-state index contributed by atoms with van der Waals surface area (Å²) in [5.41, 5.74) is 13.5. The van der Waals surface area contributed by atoms with Gasteiger partial charge in [0, 0.05) is 81.5 Å². The van der Waals surface area contributed by atoms with Crippen LogP contribution in [0, 0.1) is 0 Å². The Morgan fingerprint density at radius 2 is 0.935 bits per heavy atom. The van der Waals surface area contributed by atoms with Gasteiger partial charge in [0.25, 0.3) is 0 Å². The van der Waals surface area contributed by atoms with Crippen molar-refractivity contribution in [3.63, 3.8) is 0 Å². The third kappa shape index (κ3) is 5.44. The van der Waals surface area contributed by atoms with E-state index >= 15 is 0 Å². The summed E-state index contributed by atoms with van der Waals surface area (Å²) in [6, 6.07) is 76.0. The van der Waals surface area contributed by atoms with Crippen molar-refractivity contribution >= 4 is 103 Å². The molecule has 290 valence electrons. The molecule has 0 fully saturated rings. The second kappa shape index (κ2) is 13.8. The Morgan fingerprint density at radius 3 is 1.76 bits per heavy atom. The molecule has 0 spiro atoms. The van der Waals surface area contributed by atoms with Crippen molar-refractivity contribution in [1.29, 1.82) is 0 Å². The van der Waals surface area contributed by atoms with Gasteiger partial charge in [0.05, 0.1) is 0 Å². The number of benzene rings is 10. The number of fused-ring (bicyclic) bond motifs is 10. The molecular weight excluding hydrogens is 775 g/mol. The summed E-state index contributed by atoms with van der Waals surface area (Å²) in [4.78, 5) is 2.32. The lowest BCUT2D eigenvalue weighted by atomic mass is 9.94. The van der Waals surface area contributed by atoms with Crippen LogP contribution in [0.1, 0.15) is 0 Å². The Labute approximate surface area is 360 Å². The van der Waals surface area contributed by atoms with Crippen LogP contribution in [-0.2, 0) is 0 Å². The molecule has 0 aliphatic rings. The van der Waals surface area contributed by atoms with E-state index in [0.717, 1.165) is 77.6 Å². The van der Waals surface area contributed by atoms with Gasteiger partial charge < -0.3 is 13.7 Å². The van der Waals surface area contributed by atoms with Crippen LogP contribution in [-0.4, -0.2) is 0 Å². The van der Waals surface area contributed by atoms with Crippen molar-refractivity contribution in [1.82, 2.24) is 0 Å². The maximum atomic E-state index is 7.12. The van der Waals surface area contributed by atoms with Crippen molar-refractivity contribution in [2.75, 3.05) is 4.90 Å². The van der Waals surface area contributed by atoms with E-state index in [1.165, 1.54) is 47.6 Å². The number of hydrogen-bond donors (Lipinski definition) is 0. The van der Waals surface area contributed by atoms with Crippen LogP contribution in [0.4, 0.5) is 17.1 Å². The molecule has 0 unspecified atom stereocenters. The molecule has 62 heavy (non-hydrogen) atoms. The molecule has 13 aromatic rings. The minimum absolute atomic E-state index is 0.844. The molecule has 0 atom stereocenters. The van der Waals surface area contributed by atoms with Crippen molar-refractivity contribution in [3.05, 3.63) is 212 Å². The number of anilines is 3. The molecule has 4 heteroatoms. The average Bonchev–Trinajstić information content (AvgIpc) is 4.03. The number of hydrogen-bond acceptors (Lipinski definition) is 4. The lowest BCUT2D eigenvalue weighted by molar-refractivity contribution is 0.670. The SMILES string of the molecule is c1ccc(-c2ccc(N(c3ccc(-c4cccc5c4oc4ccccc45)cc3)c3ccc4c(c3)oc3c(-c5cccc6c5sc5ccccc56)c5ccccc5cc34)cc2)cc1. The predicted molar refractivity (Wildman–Crippen MR) is 262 cm³/mol. The van der Waals surface area contributed by atoms with E-state index < -0.39 is 0 Å². The van der Waals surface area contributed by atoms with Gasteiger partial charge in [0.2, 0.25) is 0 Å². The highest BCUT2D eigenvalue weighted by Gasteiger charge is 2.22. The second-order valence-corrected chi connectivity index (χ2v) is 17.0. The summed E-state index contributed by atoms with van der Waals surface area (Å²) in [7, 11) is 0. The molecule has 0 aliphatic carbocycles. The number of rotatable bonds is 6. The third-order valence-corrected chi connectivity index (χ3v) is 13.7. The van der Waals surface area contributed by atoms with E-state index in [-0.39, 0.29) is 0 Å². The minimum Gasteiger partial charge on any atom is -0.455 e. The molecule has 0 radical (unpaired) electrons. The zero-order valence-electron chi connectivity index (χ0n) is 33.4. The standard InChI is InChI=1S/C58H35NO2S/c1-2-12-36(13-3-1)37-24-28-40(29-25-37)59(41-30-26-38(27-31-41)44-18-10-19-48-45-16-6-8-22-52(45)60-56(44)48)42-32-33-46-51-34-39-14-4-5-15-43(39)55(57(51)61-53(46)35-42)50-21-11-20-49-47-17-7-9-23-54(47)62-58(49)50/h1-35H. The summed E-state index contributed by atoms with van der Waals surface area (Å²) in [6.07, 6.45) is 0. The van der Waals surface area contributed by atoms with Crippen LogP contribution in [0.3, 0.4) is 0 Å². The highest BCUT2D eigenvalue weighted by Crippen LogP contribution is 2.48. The third-order valence-electron chi connectivity index (χ3n) is 12.5. The number of nitrogens with zero attached hydrogens (tertiary/aromatic N) is 1. The zero-order chi connectivity index (χ0) is 40.7. The zero-order valence-corrected chi connectivity index (χ0v) is 34.2. The summed E-state index contributed by atoms with van der Waals surface area (Å²) >= 11 is 1.86. The topological polar surface area (TPSA) is 29.5 Å². The molecule has 0 amide bonds. The Kier molecular flexibility index (Phi) is 7.78. The van der Waals surface area contributed by atoms with Gasteiger partial charge >= 0.3 is 0 Å². The fourth-order valence-corrected chi connectivity index (χ4v) is 10.8. The van der Waals surface area contributed by atoms with Crippen LogP contribution in [0.5, 0.6) is 0 Å². The van der Waals surface area contributed by atoms with Gasteiger partial charge in [-0.3, -0.25) is 0 Å². The van der Waals surface area contributed by atoms with E-state index in [4.69, 9.17) is 8.83 Å². The molecule has 0 aliphatic heterocycles. The summed E-state index contributed by atoms with van der Waals surface area (Å²) in [5.74, 6) is 0. The first-order valence-corrected chi connectivity index (χ1v) is 21.8. The van der Waals surface area contributed by atoms with E-state index in [0.29, 0.717) is 0 Å². The molecule has 3 aromatic heterocycles. The Hall–Kier alpha value is -7.92. The summed E-state index contributed by atoms with van der Waals surface area (Å²) < 4.78 is 16.1. The lowest BCUT2D eigenvalue weighted by Gasteiger charge is -2.26. The molecule has 13 rings (SSSR count). The first kappa shape index (κ1) is 34.9. The average molecular weight is 810 g/mol. The molecule has 0 saturated carbocycles. The van der Waals surface area contributed by atoms with E-state index in [9.17, 15) is 0 Å². The molecule has 0 bridgehead atoms. The lowest BCUT2D eigenvalue weighted by Crippen LogP contribution is -2.09. The van der Waals surface area contributed by atoms with Gasteiger partial charge in [-0.25, -0.2) is 0 Å². The van der Waals surface area contributed by atoms with Crippen LogP contribution in [0.25, 0.3) is 108 Å². The summed E-state index contributed by atoms with van der Waals surface area (Å²) in [6.45, 7) is 0. The predicted octanol–water partition coefficient (Wildman–Crippen LogP) is 17.5. The molecule has 0 N–H and O–H groups in total. The quantitative estimate of drug-likeness (QED) is 0.168. The number of thiophene rings is 1. The van der Waals surface area contributed by atoms with Gasteiger partial charge in [0.1, 0.15) is 22.3 Å². The largest absolute Gasteiger partial charge is 0.455 e. The van der Waals surface area contributed by atoms with Gasteiger partial charge in [-0.05, 0) is 82.1 Å². The molecular formula is C58H35NO2S. The van der Waals surface area contributed by atoms with Gasteiger partial charge in [-0.2, -0.15) is 0 Å². The maximum absolute atomic E-state index is 7.12. The Bertz CT molecular complexity index is 3860. The van der Waals surface area contributed by atoms with Crippen LogP contribution in [0.2, 0.25) is 0 Å². The van der Waals surface area contributed by atoms with E-state index in [1.54, 1.807) is 0 Å². The molecule has 3 nitrogen and oxygen atoms in total. The highest BCUT2D eigenvalue weighted by atomic mass is 32.1. The fraction of sp³-hybridized carbons (Fsp3) is 0. The molecule has 3 heterocycles. The smallest absolute Gasteiger partial charge is 0.143 e. The summed E-state index contributed by atoms with van der Waals surface area (Å²) in [5, 5.41) is 9.39. The minimum atomic E-state index is 0.844. The monoisotopic (exact) mass is 809 g/mol. The first-order valence-electron chi connectivity index (χ1n) is 21.0. The first-order chi connectivity index (χ1) is 30.7. The van der Waals surface area contributed by atoms with Crippen molar-refractivity contribution < 1.29 is 8.83 Å². The number of furan rings is 2. The Morgan fingerprint density at radius 1 is 0.339 bits per heavy atom. The Balaban J connectivity index is 0.983. The van der Waals surface area contributed by atoms with Crippen molar-refractivity contribution in [2.45, 2.75) is 0 Å². The van der Waals surface area contributed by atoms with Crippen LogP contribution in [0.15, 0.2) is 221 Å². The van der Waals surface area contributed by atoms with Crippen LogP contribution < -0.4 is 4.90 Å². The molecule has 0 saturated heterocycles. The van der Waals surface area contributed by atoms with Gasteiger partial charge in [-0.1, -0.05) is 152 Å². The van der Waals surface area contributed by atoms with E-state index in [2.05, 4.69) is 205 Å². The van der Waals surface area contributed by atoms with Gasteiger partial charge in [-0.15, -0.1) is 11.3 Å². The van der Waals surface area contributed by atoms with Crippen molar-refractivity contribution in [2.24, 2.45) is 0 Å². The van der Waals surface area contributed by atoms with E-state index in [1.807, 2.05) is 23.5 Å².